The molecule has 1 saturated heterocycles. The lowest BCUT2D eigenvalue weighted by Gasteiger charge is -2.16. The van der Waals surface area contributed by atoms with Crippen LogP contribution in [0.3, 0.4) is 0 Å². The molecular weight excluding hydrogens is 430 g/mol. The lowest BCUT2D eigenvalue weighted by Crippen LogP contribution is -2.24. The van der Waals surface area contributed by atoms with E-state index in [1.807, 2.05) is 31.2 Å². The molecule has 0 bridgehead atoms. The molecule has 2 aromatic carbocycles. The van der Waals surface area contributed by atoms with Gasteiger partial charge in [-0.2, -0.15) is 5.10 Å². The number of nitrogens with one attached hydrogen (secondary N) is 1. The Labute approximate surface area is 190 Å². The third-order valence-corrected chi connectivity index (χ3v) is 5.52. The maximum Gasteiger partial charge on any atom is 0.285 e. The number of nitrogens with zero attached hydrogens (tertiary/aromatic N) is 2. The molecule has 2 heterocycles. The summed E-state index contributed by atoms with van der Waals surface area (Å²) in [7, 11) is 0. The van der Waals surface area contributed by atoms with Crippen molar-refractivity contribution in [1.29, 1.82) is 0 Å². The van der Waals surface area contributed by atoms with Crippen LogP contribution in [0, 0.1) is 6.92 Å². The molecule has 0 aliphatic carbocycles. The SMILES string of the molecule is Cc1cccc(Cl)c1COc1ccc(/C=N/NC(=O)c2cccc(N3CCCC3=O)c2)o1. The molecule has 0 radical (unpaired) electrons. The van der Waals surface area contributed by atoms with Crippen LogP contribution in [0.1, 0.15) is 40.1 Å². The fourth-order valence-corrected chi connectivity index (χ4v) is 3.71. The van der Waals surface area contributed by atoms with Gasteiger partial charge < -0.3 is 14.1 Å². The lowest BCUT2D eigenvalue weighted by molar-refractivity contribution is -0.117. The number of anilines is 1. The molecule has 1 N–H and O–H groups in total. The smallest absolute Gasteiger partial charge is 0.285 e. The van der Waals surface area contributed by atoms with E-state index in [0.29, 0.717) is 40.9 Å². The van der Waals surface area contributed by atoms with Crippen LogP contribution in [-0.4, -0.2) is 24.6 Å². The van der Waals surface area contributed by atoms with E-state index in [2.05, 4.69) is 10.5 Å². The Morgan fingerprint density at radius 3 is 2.88 bits per heavy atom. The summed E-state index contributed by atoms with van der Waals surface area (Å²) in [5.74, 6) is 0.431. The molecule has 1 fully saturated rings. The van der Waals surface area contributed by atoms with Gasteiger partial charge in [-0.05, 0) is 49.2 Å². The van der Waals surface area contributed by atoms with Crippen molar-refractivity contribution < 1.29 is 18.7 Å². The van der Waals surface area contributed by atoms with Gasteiger partial charge in [0, 0.05) is 40.9 Å². The minimum Gasteiger partial charge on any atom is -0.460 e. The summed E-state index contributed by atoms with van der Waals surface area (Å²) in [5.41, 5.74) is 5.52. The van der Waals surface area contributed by atoms with E-state index in [0.717, 1.165) is 17.5 Å². The van der Waals surface area contributed by atoms with Crippen LogP contribution >= 0.6 is 11.6 Å². The van der Waals surface area contributed by atoms with Crippen LogP contribution in [0.15, 0.2) is 64.1 Å². The topological polar surface area (TPSA) is 84.1 Å². The van der Waals surface area contributed by atoms with E-state index < -0.39 is 0 Å². The van der Waals surface area contributed by atoms with Crippen molar-refractivity contribution in [3.63, 3.8) is 0 Å². The second-order valence-corrected chi connectivity index (χ2v) is 7.79. The highest BCUT2D eigenvalue weighted by Gasteiger charge is 2.22. The maximum absolute atomic E-state index is 12.4. The molecule has 1 aliphatic rings. The number of rotatable bonds is 7. The van der Waals surface area contributed by atoms with Crippen molar-refractivity contribution in [1.82, 2.24) is 5.43 Å². The molecule has 0 saturated carbocycles. The van der Waals surface area contributed by atoms with Crippen LogP contribution in [0.2, 0.25) is 5.02 Å². The zero-order valence-corrected chi connectivity index (χ0v) is 18.3. The van der Waals surface area contributed by atoms with E-state index in [-0.39, 0.29) is 18.4 Å². The maximum atomic E-state index is 12.4. The van der Waals surface area contributed by atoms with Crippen molar-refractivity contribution in [3.05, 3.63) is 82.1 Å². The van der Waals surface area contributed by atoms with E-state index in [1.54, 1.807) is 35.2 Å². The summed E-state index contributed by atoms with van der Waals surface area (Å²) >= 11 is 6.21. The Morgan fingerprint density at radius 2 is 2.09 bits per heavy atom. The molecule has 1 aromatic heterocycles. The summed E-state index contributed by atoms with van der Waals surface area (Å²) in [6.45, 7) is 2.91. The van der Waals surface area contributed by atoms with Crippen molar-refractivity contribution in [2.45, 2.75) is 26.4 Å². The Hall–Kier alpha value is -3.58. The fourth-order valence-electron chi connectivity index (χ4n) is 3.43. The van der Waals surface area contributed by atoms with Gasteiger partial charge in [0.05, 0.1) is 6.21 Å². The first-order chi connectivity index (χ1) is 15.5. The van der Waals surface area contributed by atoms with Gasteiger partial charge in [0.25, 0.3) is 11.9 Å². The van der Waals surface area contributed by atoms with Gasteiger partial charge in [0.2, 0.25) is 5.91 Å². The van der Waals surface area contributed by atoms with Crippen LogP contribution in [0.25, 0.3) is 0 Å². The van der Waals surface area contributed by atoms with Gasteiger partial charge in [-0.1, -0.05) is 29.8 Å². The highest BCUT2D eigenvalue weighted by atomic mass is 35.5. The Kier molecular flexibility index (Phi) is 6.56. The van der Waals surface area contributed by atoms with Gasteiger partial charge in [-0.3, -0.25) is 9.59 Å². The Bertz CT molecular complexity index is 1150. The summed E-state index contributed by atoms with van der Waals surface area (Å²) in [4.78, 5) is 26.0. The lowest BCUT2D eigenvalue weighted by atomic mass is 10.1. The van der Waals surface area contributed by atoms with Gasteiger partial charge in [0.15, 0.2) is 5.76 Å². The normalized spacial score (nSPS) is 13.7. The number of aryl methyl sites for hydroxylation is 1. The zero-order valence-electron chi connectivity index (χ0n) is 17.5. The van der Waals surface area contributed by atoms with Gasteiger partial charge in [-0.25, -0.2) is 5.43 Å². The fraction of sp³-hybridized carbons (Fsp3) is 0.208. The van der Waals surface area contributed by atoms with Crippen molar-refractivity contribution in [2.75, 3.05) is 11.4 Å². The number of hydrogen-bond acceptors (Lipinski definition) is 5. The van der Waals surface area contributed by atoms with Crippen molar-refractivity contribution in [2.24, 2.45) is 5.10 Å². The van der Waals surface area contributed by atoms with Crippen LogP contribution < -0.4 is 15.1 Å². The summed E-state index contributed by atoms with van der Waals surface area (Å²) < 4.78 is 11.2. The second-order valence-electron chi connectivity index (χ2n) is 7.38. The molecule has 32 heavy (non-hydrogen) atoms. The molecule has 3 aromatic rings. The summed E-state index contributed by atoms with van der Waals surface area (Å²) in [6.07, 6.45) is 2.75. The first-order valence-electron chi connectivity index (χ1n) is 10.2. The highest BCUT2D eigenvalue weighted by molar-refractivity contribution is 6.31. The van der Waals surface area contributed by atoms with E-state index in [4.69, 9.17) is 20.8 Å². The predicted molar refractivity (Wildman–Crippen MR) is 122 cm³/mol. The molecule has 0 atom stereocenters. The van der Waals surface area contributed by atoms with Gasteiger partial charge >= 0.3 is 0 Å². The number of hydrogen-bond donors (Lipinski definition) is 1. The number of amides is 2. The molecule has 0 unspecified atom stereocenters. The second kappa shape index (κ2) is 9.70. The standard InChI is InChI=1S/C24H22ClN3O4/c1-16-5-2-8-21(25)20(16)15-31-23-11-10-19(32-23)14-26-27-24(30)17-6-3-7-18(13-17)28-12-4-9-22(28)29/h2-3,5-8,10-11,13-14H,4,9,12,15H2,1H3,(H,27,30)/b26-14+. The molecular formula is C24H22ClN3O4. The number of ether oxygens (including phenoxy) is 1. The average Bonchev–Trinajstić information content (AvgIpc) is 3.42. The van der Waals surface area contributed by atoms with Gasteiger partial charge in [-0.15, -0.1) is 0 Å². The van der Waals surface area contributed by atoms with Crippen LogP contribution in [0.4, 0.5) is 5.69 Å². The third kappa shape index (κ3) is 5.00. The number of halogens is 1. The first-order valence-corrected chi connectivity index (χ1v) is 10.6. The number of furan rings is 1. The minimum atomic E-state index is -0.382. The molecule has 4 rings (SSSR count). The molecule has 0 spiro atoms. The van der Waals surface area contributed by atoms with Gasteiger partial charge in [0.1, 0.15) is 6.61 Å². The Morgan fingerprint density at radius 1 is 1.25 bits per heavy atom. The number of carbonyl (C=O) groups is 2. The molecule has 1 aliphatic heterocycles. The first kappa shape index (κ1) is 21.6. The van der Waals surface area contributed by atoms with Crippen LogP contribution in [0.5, 0.6) is 5.95 Å². The molecule has 8 heteroatoms. The third-order valence-electron chi connectivity index (χ3n) is 5.17. The molecule has 2 amide bonds. The quantitative estimate of drug-likeness (QED) is 0.416. The van der Waals surface area contributed by atoms with Crippen molar-refractivity contribution >= 4 is 35.3 Å². The van der Waals surface area contributed by atoms with E-state index in [1.165, 1.54) is 6.21 Å². The Balaban J connectivity index is 1.33. The van der Waals surface area contributed by atoms with E-state index >= 15 is 0 Å². The van der Waals surface area contributed by atoms with Crippen LogP contribution in [-0.2, 0) is 11.4 Å². The number of benzene rings is 2. The van der Waals surface area contributed by atoms with E-state index in [9.17, 15) is 9.59 Å². The average molecular weight is 452 g/mol. The minimum absolute atomic E-state index is 0.0705. The highest BCUT2D eigenvalue weighted by Crippen LogP contribution is 2.24. The zero-order chi connectivity index (χ0) is 22.5. The van der Waals surface area contributed by atoms with Crippen molar-refractivity contribution in [3.8, 4) is 5.95 Å². The number of hydrazone groups is 1. The molecule has 7 nitrogen and oxygen atoms in total. The largest absolute Gasteiger partial charge is 0.460 e. The number of carbonyl (C=O) groups excluding carboxylic acids is 2. The summed E-state index contributed by atoms with van der Waals surface area (Å²) in [6, 6.07) is 15.9. The monoisotopic (exact) mass is 451 g/mol. The predicted octanol–water partition coefficient (Wildman–Crippen LogP) is 4.71. The molecule has 164 valence electrons. The summed E-state index contributed by atoms with van der Waals surface area (Å²) in [5, 5.41) is 4.58.